The predicted molar refractivity (Wildman–Crippen MR) is 75.0 cm³/mol. The van der Waals surface area contributed by atoms with Crippen molar-refractivity contribution in [3.05, 3.63) is 51.5 Å². The van der Waals surface area contributed by atoms with E-state index >= 15 is 0 Å². The number of aryl methyl sites for hydroxylation is 1. The number of carbonyl (C=O) groups is 1. The average molecular weight is 276 g/mol. The molecule has 4 nitrogen and oxygen atoms in total. The number of rotatable bonds is 5. The molecule has 0 fully saturated rings. The van der Waals surface area contributed by atoms with E-state index in [0.717, 1.165) is 23.2 Å². The molecular formula is C14H16N2O2S. The fraction of sp³-hybridized carbons (Fsp3) is 0.286. The molecule has 0 unspecified atom stereocenters. The zero-order valence-electron chi connectivity index (χ0n) is 10.7. The molecule has 0 saturated carbocycles. The van der Waals surface area contributed by atoms with Gasteiger partial charge in [0, 0.05) is 6.54 Å². The summed E-state index contributed by atoms with van der Waals surface area (Å²) in [5, 5.41) is 12.1. The highest BCUT2D eigenvalue weighted by Gasteiger charge is 2.13. The number of aliphatic hydroxyl groups excluding tert-OH is 1. The number of aromatic nitrogens is 1. The zero-order valence-corrected chi connectivity index (χ0v) is 11.5. The standard InChI is InChI=1S/C14H16N2O2S/c1-2-12-13(19-9-16-12)14(18)15-7-10-5-3-4-6-11(10)8-17/h3-6,9,17H,2,7-8H2,1H3,(H,15,18). The van der Waals surface area contributed by atoms with Gasteiger partial charge in [-0.05, 0) is 17.5 Å². The summed E-state index contributed by atoms with van der Waals surface area (Å²) in [7, 11) is 0. The van der Waals surface area contributed by atoms with E-state index in [-0.39, 0.29) is 12.5 Å². The largest absolute Gasteiger partial charge is 0.392 e. The van der Waals surface area contributed by atoms with E-state index in [9.17, 15) is 9.90 Å². The van der Waals surface area contributed by atoms with Crippen LogP contribution in [0.25, 0.3) is 0 Å². The van der Waals surface area contributed by atoms with Crippen LogP contribution in [0.2, 0.25) is 0 Å². The molecule has 1 aromatic heterocycles. The number of hydrogen-bond donors (Lipinski definition) is 2. The van der Waals surface area contributed by atoms with Crippen LogP contribution in [0.15, 0.2) is 29.8 Å². The van der Waals surface area contributed by atoms with Crippen molar-refractivity contribution in [1.82, 2.24) is 10.3 Å². The van der Waals surface area contributed by atoms with Gasteiger partial charge in [0.1, 0.15) is 4.88 Å². The number of nitrogens with zero attached hydrogens (tertiary/aromatic N) is 1. The minimum atomic E-state index is -0.105. The second kappa shape index (κ2) is 6.45. The molecule has 0 atom stereocenters. The van der Waals surface area contributed by atoms with E-state index in [1.807, 2.05) is 31.2 Å². The van der Waals surface area contributed by atoms with E-state index in [0.29, 0.717) is 11.4 Å². The Labute approximate surface area is 116 Å². The SMILES string of the molecule is CCc1ncsc1C(=O)NCc1ccccc1CO. The molecule has 0 aliphatic heterocycles. The van der Waals surface area contributed by atoms with Gasteiger partial charge in [-0.25, -0.2) is 4.98 Å². The van der Waals surface area contributed by atoms with Gasteiger partial charge in [-0.15, -0.1) is 11.3 Å². The van der Waals surface area contributed by atoms with Crippen molar-refractivity contribution >= 4 is 17.2 Å². The molecule has 100 valence electrons. The van der Waals surface area contributed by atoms with Gasteiger partial charge in [0.15, 0.2) is 0 Å². The first-order valence-electron chi connectivity index (χ1n) is 6.14. The quantitative estimate of drug-likeness (QED) is 0.879. The normalized spacial score (nSPS) is 10.4. The fourth-order valence-electron chi connectivity index (χ4n) is 1.85. The summed E-state index contributed by atoms with van der Waals surface area (Å²) < 4.78 is 0. The highest BCUT2D eigenvalue weighted by Crippen LogP contribution is 2.14. The summed E-state index contributed by atoms with van der Waals surface area (Å²) in [4.78, 5) is 16.9. The molecule has 0 bridgehead atoms. The Kier molecular flexibility index (Phi) is 4.65. The molecule has 1 aromatic carbocycles. The molecule has 19 heavy (non-hydrogen) atoms. The second-order valence-electron chi connectivity index (χ2n) is 4.09. The molecular weight excluding hydrogens is 260 g/mol. The zero-order chi connectivity index (χ0) is 13.7. The lowest BCUT2D eigenvalue weighted by Gasteiger charge is -2.08. The molecule has 2 N–H and O–H groups in total. The molecule has 0 radical (unpaired) electrons. The molecule has 0 spiro atoms. The van der Waals surface area contributed by atoms with Gasteiger partial charge in [-0.1, -0.05) is 31.2 Å². The van der Waals surface area contributed by atoms with E-state index in [1.54, 1.807) is 5.51 Å². The van der Waals surface area contributed by atoms with Crippen LogP contribution in [0.4, 0.5) is 0 Å². The Hall–Kier alpha value is -1.72. The number of thiazole rings is 1. The maximum atomic E-state index is 12.1. The number of aliphatic hydroxyl groups is 1. The Morgan fingerprint density at radius 2 is 2.11 bits per heavy atom. The second-order valence-corrected chi connectivity index (χ2v) is 4.95. The van der Waals surface area contributed by atoms with Crippen LogP contribution in [0.3, 0.4) is 0 Å². The summed E-state index contributed by atoms with van der Waals surface area (Å²) in [6, 6.07) is 7.52. The molecule has 0 aliphatic rings. The van der Waals surface area contributed by atoms with Crippen molar-refractivity contribution in [3.63, 3.8) is 0 Å². The summed E-state index contributed by atoms with van der Waals surface area (Å²) >= 11 is 1.35. The van der Waals surface area contributed by atoms with Gasteiger partial charge in [-0.3, -0.25) is 4.79 Å². The third kappa shape index (κ3) is 3.19. The van der Waals surface area contributed by atoms with Crippen molar-refractivity contribution in [2.24, 2.45) is 0 Å². The summed E-state index contributed by atoms with van der Waals surface area (Å²) in [6.07, 6.45) is 0.749. The number of amides is 1. The Morgan fingerprint density at radius 1 is 1.37 bits per heavy atom. The van der Waals surface area contributed by atoms with Gasteiger partial charge in [0.05, 0.1) is 17.8 Å². The maximum Gasteiger partial charge on any atom is 0.263 e. The van der Waals surface area contributed by atoms with Crippen molar-refractivity contribution < 1.29 is 9.90 Å². The highest BCUT2D eigenvalue weighted by molar-refractivity contribution is 7.11. The third-order valence-corrected chi connectivity index (χ3v) is 3.78. The first-order valence-corrected chi connectivity index (χ1v) is 7.02. The summed E-state index contributed by atoms with van der Waals surface area (Å²) in [5.74, 6) is -0.105. The number of nitrogens with one attached hydrogen (secondary N) is 1. The van der Waals surface area contributed by atoms with Crippen LogP contribution in [0.1, 0.15) is 33.4 Å². The molecule has 1 amide bonds. The molecule has 1 heterocycles. The van der Waals surface area contributed by atoms with Gasteiger partial charge in [-0.2, -0.15) is 0 Å². The minimum Gasteiger partial charge on any atom is -0.392 e. The Bertz CT molecular complexity index is 566. The third-order valence-electron chi connectivity index (χ3n) is 2.91. The van der Waals surface area contributed by atoms with Crippen molar-refractivity contribution in [3.8, 4) is 0 Å². The summed E-state index contributed by atoms with van der Waals surface area (Å²) in [6.45, 7) is 2.37. The Balaban J connectivity index is 2.04. The van der Waals surface area contributed by atoms with E-state index in [2.05, 4.69) is 10.3 Å². The lowest BCUT2D eigenvalue weighted by molar-refractivity contribution is 0.0953. The van der Waals surface area contributed by atoms with E-state index in [1.165, 1.54) is 11.3 Å². The van der Waals surface area contributed by atoms with Crippen molar-refractivity contribution in [2.75, 3.05) is 0 Å². The fourth-order valence-corrected chi connectivity index (χ4v) is 2.64. The van der Waals surface area contributed by atoms with Crippen molar-refractivity contribution in [2.45, 2.75) is 26.5 Å². The first kappa shape index (κ1) is 13.7. The summed E-state index contributed by atoms with van der Waals surface area (Å²) in [5.41, 5.74) is 4.29. The average Bonchev–Trinajstić information content (AvgIpc) is 2.93. The van der Waals surface area contributed by atoms with E-state index in [4.69, 9.17) is 0 Å². The highest BCUT2D eigenvalue weighted by atomic mass is 32.1. The topological polar surface area (TPSA) is 62.2 Å². The van der Waals surface area contributed by atoms with Crippen LogP contribution >= 0.6 is 11.3 Å². The van der Waals surface area contributed by atoms with Gasteiger partial charge in [0.25, 0.3) is 5.91 Å². The lowest BCUT2D eigenvalue weighted by atomic mass is 10.1. The number of carbonyl (C=O) groups excluding carboxylic acids is 1. The number of hydrogen-bond acceptors (Lipinski definition) is 4. The van der Waals surface area contributed by atoms with Crippen LogP contribution in [0.5, 0.6) is 0 Å². The Morgan fingerprint density at radius 3 is 2.79 bits per heavy atom. The molecule has 2 aromatic rings. The molecule has 5 heteroatoms. The molecule has 2 rings (SSSR count). The van der Waals surface area contributed by atoms with Gasteiger partial charge >= 0.3 is 0 Å². The predicted octanol–water partition coefficient (Wildman–Crippen LogP) is 2.13. The maximum absolute atomic E-state index is 12.1. The van der Waals surface area contributed by atoms with Gasteiger partial charge in [0.2, 0.25) is 0 Å². The minimum absolute atomic E-state index is 0.0210. The van der Waals surface area contributed by atoms with Crippen LogP contribution in [-0.4, -0.2) is 16.0 Å². The van der Waals surface area contributed by atoms with Crippen molar-refractivity contribution in [1.29, 1.82) is 0 Å². The number of benzene rings is 1. The van der Waals surface area contributed by atoms with Crippen LogP contribution in [-0.2, 0) is 19.6 Å². The van der Waals surface area contributed by atoms with Gasteiger partial charge < -0.3 is 10.4 Å². The smallest absolute Gasteiger partial charge is 0.263 e. The van der Waals surface area contributed by atoms with E-state index < -0.39 is 0 Å². The molecule has 0 saturated heterocycles. The monoisotopic (exact) mass is 276 g/mol. The lowest BCUT2D eigenvalue weighted by Crippen LogP contribution is -2.23. The first-order chi connectivity index (χ1) is 9.26. The molecule has 0 aliphatic carbocycles. The van der Waals surface area contributed by atoms with Crippen LogP contribution in [0, 0.1) is 0 Å². The van der Waals surface area contributed by atoms with Crippen LogP contribution < -0.4 is 5.32 Å².